The lowest BCUT2D eigenvalue weighted by atomic mass is 9.97. The highest BCUT2D eigenvalue weighted by molar-refractivity contribution is 6.55. The number of rotatable bonds is 2. The van der Waals surface area contributed by atoms with E-state index in [9.17, 15) is 10.2 Å². The Hall–Kier alpha value is 0.1000. The fourth-order valence-corrected chi connectivity index (χ4v) is 3.46. The maximum absolute atomic E-state index is 10.5. The predicted octanol–water partition coefficient (Wildman–Crippen LogP) is 5.79. The zero-order valence-corrected chi connectivity index (χ0v) is 14.5. The van der Waals surface area contributed by atoms with Crippen molar-refractivity contribution in [1.82, 2.24) is 0 Å². The quantitative estimate of drug-likeness (QED) is 0.376. The van der Waals surface area contributed by atoms with Gasteiger partial charge in [-0.1, -0.05) is 87.8 Å². The summed E-state index contributed by atoms with van der Waals surface area (Å²) >= 11 is 35.8. The van der Waals surface area contributed by atoms with Crippen molar-refractivity contribution in [3.8, 4) is 0 Å². The Morgan fingerprint density at radius 1 is 0.667 bits per heavy atom. The van der Waals surface area contributed by atoms with Crippen LogP contribution in [0.3, 0.4) is 0 Å². The molecule has 0 aliphatic carbocycles. The summed E-state index contributed by atoms with van der Waals surface area (Å²) in [5, 5.41) is 20.3. The summed E-state index contributed by atoms with van der Waals surface area (Å²) in [5.74, 6) is -2.59. The molecular formula is C13H6Cl6O2. The molecule has 0 radical (unpaired) electrons. The minimum atomic E-state index is -2.59. The summed E-state index contributed by atoms with van der Waals surface area (Å²) in [6, 6.07) is 6.10. The first-order chi connectivity index (χ1) is 9.69. The van der Waals surface area contributed by atoms with Crippen LogP contribution >= 0.6 is 69.6 Å². The molecule has 0 bridgehead atoms. The average Bonchev–Trinajstić information content (AvgIpc) is 2.43. The maximum atomic E-state index is 10.5. The fourth-order valence-electron chi connectivity index (χ4n) is 1.79. The van der Waals surface area contributed by atoms with Crippen LogP contribution in [0.1, 0.15) is 11.1 Å². The lowest BCUT2D eigenvalue weighted by Crippen LogP contribution is -2.28. The van der Waals surface area contributed by atoms with Gasteiger partial charge in [-0.05, 0) is 6.07 Å². The highest BCUT2D eigenvalue weighted by atomic mass is 35.5. The summed E-state index contributed by atoms with van der Waals surface area (Å²) in [4.78, 5) is 0. The first-order valence-electron chi connectivity index (χ1n) is 5.41. The van der Waals surface area contributed by atoms with Crippen molar-refractivity contribution < 1.29 is 10.2 Å². The van der Waals surface area contributed by atoms with Crippen molar-refractivity contribution in [3.63, 3.8) is 0 Å². The molecule has 0 heterocycles. The molecule has 0 saturated carbocycles. The van der Waals surface area contributed by atoms with Crippen LogP contribution in [0.2, 0.25) is 30.1 Å². The lowest BCUT2D eigenvalue weighted by Gasteiger charge is -2.27. The molecule has 0 aliphatic rings. The van der Waals surface area contributed by atoms with E-state index in [2.05, 4.69) is 0 Å². The molecule has 0 fully saturated rings. The molecule has 0 aromatic heterocycles. The minimum Gasteiger partial charge on any atom is -0.358 e. The van der Waals surface area contributed by atoms with Crippen LogP contribution in [0.4, 0.5) is 0 Å². The molecule has 0 spiro atoms. The van der Waals surface area contributed by atoms with Crippen molar-refractivity contribution in [2.75, 3.05) is 0 Å². The van der Waals surface area contributed by atoms with Crippen LogP contribution < -0.4 is 0 Å². The van der Waals surface area contributed by atoms with Crippen LogP contribution in [0.5, 0.6) is 0 Å². The smallest absolute Gasteiger partial charge is 0.221 e. The Kier molecular flexibility index (Phi) is 5.24. The van der Waals surface area contributed by atoms with Crippen molar-refractivity contribution in [1.29, 1.82) is 0 Å². The number of benzene rings is 2. The van der Waals surface area contributed by atoms with Gasteiger partial charge in [0.2, 0.25) is 5.79 Å². The average molecular weight is 407 g/mol. The topological polar surface area (TPSA) is 40.5 Å². The van der Waals surface area contributed by atoms with Gasteiger partial charge in [-0.15, -0.1) is 0 Å². The van der Waals surface area contributed by atoms with Gasteiger partial charge in [0.1, 0.15) is 0 Å². The largest absolute Gasteiger partial charge is 0.358 e. The van der Waals surface area contributed by atoms with E-state index in [1.54, 1.807) is 12.1 Å². The van der Waals surface area contributed by atoms with Crippen LogP contribution in [0, 0.1) is 0 Å². The third-order valence-corrected chi connectivity index (χ3v) is 5.41. The Bertz CT molecular complexity index is 685. The molecule has 0 atom stereocenters. The normalized spacial score (nSPS) is 11.8. The molecule has 2 aromatic carbocycles. The predicted molar refractivity (Wildman–Crippen MR) is 88.2 cm³/mol. The van der Waals surface area contributed by atoms with Crippen molar-refractivity contribution >= 4 is 69.6 Å². The summed E-state index contributed by atoms with van der Waals surface area (Å²) in [5.41, 5.74) is -0.316. The molecule has 112 valence electrons. The number of aliphatic hydroxyl groups is 2. The van der Waals surface area contributed by atoms with Crippen molar-refractivity contribution in [3.05, 3.63) is 65.5 Å². The van der Waals surface area contributed by atoms with E-state index in [1.165, 1.54) is 12.1 Å². The third kappa shape index (κ3) is 2.97. The number of halogens is 6. The van der Waals surface area contributed by atoms with E-state index in [0.29, 0.717) is 0 Å². The monoisotopic (exact) mass is 404 g/mol. The molecule has 0 aliphatic heterocycles. The first kappa shape index (κ1) is 17.5. The van der Waals surface area contributed by atoms with Gasteiger partial charge in [0.15, 0.2) is 0 Å². The summed E-state index contributed by atoms with van der Waals surface area (Å²) in [7, 11) is 0. The molecule has 2 nitrogen and oxygen atoms in total. The van der Waals surface area contributed by atoms with Gasteiger partial charge in [0.05, 0.1) is 30.7 Å². The summed E-state index contributed by atoms with van der Waals surface area (Å²) in [6.07, 6.45) is 0. The zero-order chi connectivity index (χ0) is 15.9. The second kappa shape index (κ2) is 6.31. The first-order valence-corrected chi connectivity index (χ1v) is 7.68. The highest BCUT2D eigenvalue weighted by Gasteiger charge is 2.38. The molecule has 2 rings (SSSR count). The summed E-state index contributed by atoms with van der Waals surface area (Å²) < 4.78 is 0. The van der Waals surface area contributed by atoms with Gasteiger partial charge in [-0.3, -0.25) is 0 Å². The van der Waals surface area contributed by atoms with Crippen molar-refractivity contribution in [2.45, 2.75) is 5.79 Å². The number of hydrogen-bond acceptors (Lipinski definition) is 2. The van der Waals surface area contributed by atoms with Gasteiger partial charge in [0, 0.05) is 10.6 Å². The Morgan fingerprint density at radius 3 is 1.57 bits per heavy atom. The van der Waals surface area contributed by atoms with E-state index in [0.717, 1.165) is 0 Å². The van der Waals surface area contributed by atoms with E-state index >= 15 is 0 Å². The number of hydrogen-bond donors (Lipinski definition) is 2. The van der Waals surface area contributed by atoms with Crippen molar-refractivity contribution in [2.24, 2.45) is 0 Å². The maximum Gasteiger partial charge on any atom is 0.221 e. The second-order valence-corrected chi connectivity index (χ2v) is 6.39. The van der Waals surface area contributed by atoms with Gasteiger partial charge >= 0.3 is 0 Å². The molecule has 0 amide bonds. The van der Waals surface area contributed by atoms with E-state index in [-0.39, 0.29) is 41.3 Å². The molecule has 2 aromatic rings. The minimum absolute atomic E-state index is 0.0232. The van der Waals surface area contributed by atoms with Crippen LogP contribution in [-0.4, -0.2) is 10.2 Å². The lowest BCUT2D eigenvalue weighted by molar-refractivity contribution is -0.131. The molecule has 2 N–H and O–H groups in total. The molecule has 0 unspecified atom stereocenters. The zero-order valence-electron chi connectivity index (χ0n) is 9.97. The Labute approximate surface area is 150 Å². The van der Waals surface area contributed by atoms with Crippen LogP contribution in [-0.2, 0) is 5.79 Å². The van der Waals surface area contributed by atoms with Crippen LogP contribution in [0.25, 0.3) is 0 Å². The van der Waals surface area contributed by atoms with Gasteiger partial charge in [-0.2, -0.15) is 0 Å². The molecule has 0 saturated heterocycles. The Balaban J connectivity index is 2.80. The van der Waals surface area contributed by atoms with Crippen LogP contribution in [0.15, 0.2) is 24.3 Å². The molecule has 8 heteroatoms. The second-order valence-electron chi connectivity index (χ2n) is 4.10. The van der Waals surface area contributed by atoms with E-state index in [4.69, 9.17) is 69.6 Å². The summed E-state index contributed by atoms with van der Waals surface area (Å²) in [6.45, 7) is 0. The van der Waals surface area contributed by atoms with Gasteiger partial charge in [0.25, 0.3) is 0 Å². The van der Waals surface area contributed by atoms with Gasteiger partial charge < -0.3 is 10.2 Å². The highest BCUT2D eigenvalue weighted by Crippen LogP contribution is 2.49. The molecule has 21 heavy (non-hydrogen) atoms. The Morgan fingerprint density at radius 2 is 1.10 bits per heavy atom. The van der Waals surface area contributed by atoms with E-state index in [1.807, 2.05) is 0 Å². The molecular weight excluding hydrogens is 401 g/mol. The van der Waals surface area contributed by atoms with Gasteiger partial charge in [-0.25, -0.2) is 0 Å². The standard InChI is InChI=1S/C13H6Cl6O2/c14-6-4-2-1-3-5(6)13(20,21)7-8(15)10(17)12(19)11(18)9(7)16/h1-4,20-21H. The third-order valence-electron chi connectivity index (χ3n) is 2.81. The fraction of sp³-hybridized carbons (Fsp3) is 0.0769. The van der Waals surface area contributed by atoms with E-state index < -0.39 is 5.79 Å². The SMILES string of the molecule is OC(O)(c1ccccc1Cl)c1c(Cl)c(Cl)c(Cl)c(Cl)c1Cl.